The van der Waals surface area contributed by atoms with Crippen LogP contribution in [0.5, 0.6) is 5.75 Å². The number of anilines is 1. The van der Waals surface area contributed by atoms with Crippen molar-refractivity contribution >= 4 is 23.0 Å². The molecule has 0 radical (unpaired) electrons. The minimum absolute atomic E-state index is 0.248. The van der Waals surface area contributed by atoms with Crippen molar-refractivity contribution in [1.29, 1.82) is 0 Å². The highest BCUT2D eigenvalue weighted by atomic mass is 16.5. The standard InChI is InChI=1S/C22H22N2O3/c1-13-10-17-18(11-14(13)2)23-21-22(26,20(17)25)7-8-24(21)16-6-5-15-4-3-9-27-19(15)12-16/h5-6,10-12,26H,3-4,7-9H2,1-2H3. The van der Waals surface area contributed by atoms with E-state index >= 15 is 0 Å². The fourth-order valence-electron chi connectivity index (χ4n) is 4.24. The Balaban J connectivity index is 1.62. The van der Waals surface area contributed by atoms with Gasteiger partial charge in [0.1, 0.15) is 11.6 Å². The van der Waals surface area contributed by atoms with E-state index in [1.54, 1.807) is 0 Å². The lowest BCUT2D eigenvalue weighted by molar-refractivity contribution is 0.0602. The number of benzene rings is 2. The van der Waals surface area contributed by atoms with E-state index in [1.807, 2.05) is 43.0 Å². The zero-order chi connectivity index (χ0) is 18.8. The van der Waals surface area contributed by atoms with E-state index in [-0.39, 0.29) is 5.78 Å². The monoisotopic (exact) mass is 362 g/mol. The second-order valence-corrected chi connectivity index (χ2v) is 7.72. The summed E-state index contributed by atoms with van der Waals surface area (Å²) in [5.74, 6) is 1.07. The number of carbonyl (C=O) groups excluding carboxylic acids is 1. The van der Waals surface area contributed by atoms with Crippen molar-refractivity contribution in [3.8, 4) is 5.75 Å². The van der Waals surface area contributed by atoms with E-state index in [4.69, 9.17) is 9.73 Å². The Morgan fingerprint density at radius 3 is 2.85 bits per heavy atom. The number of hydrogen-bond acceptors (Lipinski definition) is 5. The van der Waals surface area contributed by atoms with E-state index < -0.39 is 5.60 Å². The van der Waals surface area contributed by atoms with Gasteiger partial charge in [0.2, 0.25) is 5.78 Å². The van der Waals surface area contributed by atoms with Crippen molar-refractivity contribution in [3.05, 3.63) is 52.6 Å². The third-order valence-corrected chi connectivity index (χ3v) is 5.99. The van der Waals surface area contributed by atoms with E-state index in [2.05, 4.69) is 6.07 Å². The zero-order valence-corrected chi connectivity index (χ0v) is 15.6. The van der Waals surface area contributed by atoms with E-state index in [1.165, 1.54) is 5.56 Å². The van der Waals surface area contributed by atoms with Gasteiger partial charge in [-0.1, -0.05) is 6.07 Å². The molecule has 3 aliphatic heterocycles. The van der Waals surface area contributed by atoms with Crippen LogP contribution in [0.4, 0.5) is 11.4 Å². The summed E-state index contributed by atoms with van der Waals surface area (Å²) >= 11 is 0. The molecule has 138 valence electrons. The van der Waals surface area contributed by atoms with Crippen LogP contribution in [0.15, 0.2) is 35.3 Å². The maximum Gasteiger partial charge on any atom is 0.204 e. The molecule has 5 heteroatoms. The maximum atomic E-state index is 13.1. The second-order valence-electron chi connectivity index (χ2n) is 7.72. The first-order valence-electron chi connectivity index (χ1n) is 9.48. The summed E-state index contributed by atoms with van der Waals surface area (Å²) in [5.41, 5.74) is 3.84. The summed E-state index contributed by atoms with van der Waals surface area (Å²) in [6, 6.07) is 9.89. The summed E-state index contributed by atoms with van der Waals surface area (Å²) in [7, 11) is 0. The Kier molecular flexibility index (Phi) is 3.46. The largest absolute Gasteiger partial charge is 0.493 e. The van der Waals surface area contributed by atoms with Gasteiger partial charge in [0.25, 0.3) is 0 Å². The predicted molar refractivity (Wildman–Crippen MR) is 105 cm³/mol. The lowest BCUT2D eigenvalue weighted by Crippen LogP contribution is -2.48. The molecule has 0 aromatic heterocycles. The summed E-state index contributed by atoms with van der Waals surface area (Å²) in [4.78, 5) is 19.8. The highest BCUT2D eigenvalue weighted by Gasteiger charge is 2.52. The van der Waals surface area contributed by atoms with Crippen LogP contribution in [0.25, 0.3) is 0 Å². The van der Waals surface area contributed by atoms with Gasteiger partial charge in [0.05, 0.1) is 12.3 Å². The quantitative estimate of drug-likeness (QED) is 0.843. The molecule has 1 N–H and O–H groups in total. The van der Waals surface area contributed by atoms with Crippen LogP contribution in [0, 0.1) is 13.8 Å². The van der Waals surface area contributed by atoms with E-state index in [0.29, 0.717) is 30.1 Å². The highest BCUT2D eigenvalue weighted by molar-refractivity contribution is 6.28. The minimum Gasteiger partial charge on any atom is -0.493 e. The average Bonchev–Trinajstić information content (AvgIpc) is 3.01. The van der Waals surface area contributed by atoms with Gasteiger partial charge in [0.15, 0.2) is 5.60 Å². The number of ether oxygens (including phenoxy) is 1. The Bertz CT molecular complexity index is 1010. The van der Waals surface area contributed by atoms with E-state index in [0.717, 1.165) is 42.0 Å². The first-order chi connectivity index (χ1) is 13.0. The van der Waals surface area contributed by atoms with Crippen molar-refractivity contribution in [2.75, 3.05) is 18.1 Å². The van der Waals surface area contributed by atoms with Crippen molar-refractivity contribution in [1.82, 2.24) is 0 Å². The van der Waals surface area contributed by atoms with Gasteiger partial charge in [-0.05, 0) is 61.6 Å². The van der Waals surface area contributed by atoms with Gasteiger partial charge in [-0.25, -0.2) is 4.99 Å². The third-order valence-electron chi connectivity index (χ3n) is 5.99. The van der Waals surface area contributed by atoms with Gasteiger partial charge < -0.3 is 14.7 Å². The van der Waals surface area contributed by atoms with Gasteiger partial charge in [0, 0.05) is 30.3 Å². The van der Waals surface area contributed by atoms with Crippen LogP contribution in [-0.4, -0.2) is 35.5 Å². The van der Waals surface area contributed by atoms with Gasteiger partial charge >= 0.3 is 0 Å². The number of carbonyl (C=O) groups is 1. The van der Waals surface area contributed by atoms with Crippen LogP contribution in [0.2, 0.25) is 0 Å². The number of aliphatic hydroxyl groups is 1. The number of Topliss-reactive ketones (excluding diaryl/α,β-unsaturated/α-hetero) is 1. The molecule has 2 aromatic carbocycles. The SMILES string of the molecule is Cc1cc2c(cc1C)C(=O)C1(O)CCN(c3ccc4c(c3)OCCC4)C1=N2. The van der Waals surface area contributed by atoms with Crippen LogP contribution in [-0.2, 0) is 6.42 Å². The predicted octanol–water partition coefficient (Wildman–Crippen LogP) is 3.50. The molecule has 27 heavy (non-hydrogen) atoms. The molecule has 5 nitrogen and oxygen atoms in total. The highest BCUT2D eigenvalue weighted by Crippen LogP contribution is 2.41. The molecule has 1 atom stereocenters. The van der Waals surface area contributed by atoms with Crippen molar-refractivity contribution in [2.24, 2.45) is 4.99 Å². The van der Waals surface area contributed by atoms with Gasteiger partial charge in [-0.3, -0.25) is 4.79 Å². The van der Waals surface area contributed by atoms with Crippen molar-refractivity contribution in [2.45, 2.75) is 38.7 Å². The topological polar surface area (TPSA) is 62.1 Å². The Morgan fingerprint density at radius 2 is 2.00 bits per heavy atom. The number of aryl methyl sites for hydroxylation is 3. The normalized spacial score (nSPS) is 23.3. The van der Waals surface area contributed by atoms with E-state index in [9.17, 15) is 9.90 Å². The molecule has 1 saturated heterocycles. The molecule has 0 aliphatic carbocycles. The Hall–Kier alpha value is -2.66. The lowest BCUT2D eigenvalue weighted by Gasteiger charge is -2.30. The fraction of sp³-hybridized carbons (Fsp3) is 0.364. The first-order valence-corrected chi connectivity index (χ1v) is 9.48. The summed E-state index contributed by atoms with van der Waals surface area (Å²) in [6.07, 6.45) is 2.40. The van der Waals surface area contributed by atoms with Gasteiger partial charge in [-0.15, -0.1) is 0 Å². The molecule has 5 rings (SSSR count). The molecule has 3 heterocycles. The molecule has 3 aliphatic rings. The molecular formula is C22H22N2O3. The Labute approximate surface area is 158 Å². The van der Waals surface area contributed by atoms with Crippen molar-refractivity contribution in [3.63, 3.8) is 0 Å². The number of hydrogen-bond donors (Lipinski definition) is 1. The number of amidine groups is 1. The molecular weight excluding hydrogens is 340 g/mol. The molecule has 0 spiro atoms. The number of aliphatic imine (C=N–C) groups is 1. The number of nitrogens with zero attached hydrogens (tertiary/aromatic N) is 2. The maximum absolute atomic E-state index is 13.1. The fourth-order valence-corrected chi connectivity index (χ4v) is 4.24. The molecule has 1 unspecified atom stereocenters. The van der Waals surface area contributed by atoms with Crippen LogP contribution >= 0.6 is 0 Å². The Morgan fingerprint density at radius 1 is 1.19 bits per heavy atom. The lowest BCUT2D eigenvalue weighted by atomic mass is 9.86. The summed E-state index contributed by atoms with van der Waals surface area (Å²) < 4.78 is 5.80. The van der Waals surface area contributed by atoms with Crippen LogP contribution in [0.1, 0.15) is 39.9 Å². The first kappa shape index (κ1) is 16.5. The zero-order valence-electron chi connectivity index (χ0n) is 15.6. The van der Waals surface area contributed by atoms with Crippen LogP contribution < -0.4 is 9.64 Å². The minimum atomic E-state index is -1.55. The molecule has 2 aromatic rings. The smallest absolute Gasteiger partial charge is 0.204 e. The molecule has 1 fully saturated rings. The average molecular weight is 362 g/mol. The molecule has 0 bridgehead atoms. The summed E-state index contributed by atoms with van der Waals surface area (Å²) in [6.45, 7) is 5.26. The number of ketones is 1. The van der Waals surface area contributed by atoms with Crippen molar-refractivity contribution < 1.29 is 14.6 Å². The third kappa shape index (κ3) is 2.34. The number of fused-ring (bicyclic) bond motifs is 3. The number of rotatable bonds is 1. The van der Waals surface area contributed by atoms with Crippen LogP contribution in [0.3, 0.4) is 0 Å². The summed E-state index contributed by atoms with van der Waals surface area (Å²) in [5, 5.41) is 11.2. The van der Waals surface area contributed by atoms with Gasteiger partial charge in [-0.2, -0.15) is 0 Å². The second kappa shape index (κ2) is 5.67. The molecule has 0 amide bonds. The molecule has 0 saturated carbocycles.